The van der Waals surface area contributed by atoms with Gasteiger partial charge in [0.15, 0.2) is 0 Å². The number of pyridine rings is 3. The quantitative estimate of drug-likeness (QED) is 0.543. The molecule has 4 rings (SSSR count). The molecule has 0 aliphatic rings. The predicted molar refractivity (Wildman–Crippen MR) is 107 cm³/mol. The highest BCUT2D eigenvalue weighted by Gasteiger charge is 2.11. The second kappa shape index (κ2) is 7.79. The molecule has 4 heteroatoms. The van der Waals surface area contributed by atoms with Crippen molar-refractivity contribution in [3.05, 3.63) is 113 Å². The van der Waals surface area contributed by atoms with Gasteiger partial charge in [0.1, 0.15) is 0 Å². The van der Waals surface area contributed by atoms with Crippen molar-refractivity contribution in [2.75, 3.05) is 0 Å². The minimum absolute atomic E-state index is 0.00295. The number of nitrogens with zero attached hydrogens (tertiary/aromatic N) is 3. The average molecular weight is 353 g/mol. The molecule has 0 spiro atoms. The van der Waals surface area contributed by atoms with Gasteiger partial charge >= 0.3 is 0 Å². The molecular formula is C23H19N3O. The van der Waals surface area contributed by atoms with Crippen LogP contribution in [-0.2, 0) is 12.8 Å². The summed E-state index contributed by atoms with van der Waals surface area (Å²) < 4.78 is 1.71. The zero-order valence-corrected chi connectivity index (χ0v) is 14.8. The number of aromatic nitrogens is 3. The van der Waals surface area contributed by atoms with E-state index in [4.69, 9.17) is 0 Å². The first-order valence-electron chi connectivity index (χ1n) is 8.93. The fourth-order valence-corrected chi connectivity index (χ4v) is 3.08. The molecule has 3 heterocycles. The first-order valence-corrected chi connectivity index (χ1v) is 8.93. The van der Waals surface area contributed by atoms with E-state index in [1.165, 1.54) is 0 Å². The lowest BCUT2D eigenvalue weighted by Gasteiger charge is -2.12. The summed E-state index contributed by atoms with van der Waals surface area (Å²) in [5.74, 6) is 0. The molecule has 0 atom stereocenters. The van der Waals surface area contributed by atoms with Gasteiger partial charge in [-0.25, -0.2) is 0 Å². The first kappa shape index (κ1) is 16.9. The van der Waals surface area contributed by atoms with E-state index in [0.717, 1.165) is 34.6 Å². The van der Waals surface area contributed by atoms with Crippen LogP contribution in [0, 0.1) is 0 Å². The topological polar surface area (TPSA) is 47.8 Å². The molecule has 4 nitrogen and oxygen atoms in total. The molecule has 0 radical (unpaired) electrons. The summed E-state index contributed by atoms with van der Waals surface area (Å²) in [4.78, 5) is 21.9. The van der Waals surface area contributed by atoms with Gasteiger partial charge in [-0.2, -0.15) is 0 Å². The maximum absolute atomic E-state index is 13.1. The number of hydrogen-bond acceptors (Lipinski definition) is 3. The van der Waals surface area contributed by atoms with Crippen LogP contribution in [0.1, 0.15) is 11.3 Å². The second-order valence-corrected chi connectivity index (χ2v) is 6.30. The molecular weight excluding hydrogens is 334 g/mol. The zero-order valence-electron chi connectivity index (χ0n) is 14.8. The Balaban J connectivity index is 1.78. The molecule has 0 saturated heterocycles. The third-order valence-electron chi connectivity index (χ3n) is 4.46. The van der Waals surface area contributed by atoms with E-state index in [0.29, 0.717) is 6.42 Å². The van der Waals surface area contributed by atoms with E-state index in [-0.39, 0.29) is 5.56 Å². The lowest BCUT2D eigenvalue weighted by molar-refractivity contribution is 0.868. The van der Waals surface area contributed by atoms with Crippen LogP contribution in [0.3, 0.4) is 0 Å². The number of para-hydroxylation sites is 1. The van der Waals surface area contributed by atoms with E-state index in [1.807, 2.05) is 79.0 Å². The molecule has 3 aromatic heterocycles. The Kier molecular flexibility index (Phi) is 4.88. The second-order valence-electron chi connectivity index (χ2n) is 6.30. The monoisotopic (exact) mass is 353 g/mol. The Morgan fingerprint density at radius 1 is 0.778 bits per heavy atom. The van der Waals surface area contributed by atoms with E-state index in [9.17, 15) is 4.79 Å². The number of benzene rings is 1. The fourth-order valence-electron chi connectivity index (χ4n) is 3.08. The van der Waals surface area contributed by atoms with Crippen molar-refractivity contribution in [3.63, 3.8) is 0 Å². The van der Waals surface area contributed by atoms with Gasteiger partial charge in [-0.05, 0) is 55.3 Å². The van der Waals surface area contributed by atoms with E-state index in [2.05, 4.69) is 9.97 Å². The summed E-state index contributed by atoms with van der Waals surface area (Å²) in [5, 5.41) is 0. The van der Waals surface area contributed by atoms with Crippen LogP contribution >= 0.6 is 0 Å². The third-order valence-corrected chi connectivity index (χ3v) is 4.46. The van der Waals surface area contributed by atoms with Crippen LogP contribution in [-0.4, -0.2) is 14.5 Å². The van der Waals surface area contributed by atoms with Gasteiger partial charge in [0.05, 0.1) is 5.69 Å². The van der Waals surface area contributed by atoms with Gasteiger partial charge in [0, 0.05) is 41.1 Å². The minimum atomic E-state index is -0.00295. The lowest BCUT2D eigenvalue weighted by Crippen LogP contribution is -2.22. The molecule has 0 aliphatic heterocycles. The molecule has 0 N–H and O–H groups in total. The van der Waals surface area contributed by atoms with Gasteiger partial charge in [0.2, 0.25) is 0 Å². The van der Waals surface area contributed by atoms with Crippen molar-refractivity contribution < 1.29 is 0 Å². The molecule has 1 aromatic carbocycles. The average Bonchev–Trinajstić information content (AvgIpc) is 2.75. The van der Waals surface area contributed by atoms with Crippen LogP contribution < -0.4 is 5.56 Å². The first-order chi connectivity index (χ1) is 13.3. The highest BCUT2D eigenvalue weighted by Crippen LogP contribution is 2.19. The maximum Gasteiger partial charge on any atom is 0.258 e. The summed E-state index contributed by atoms with van der Waals surface area (Å²) in [7, 11) is 0. The Bertz CT molecular complexity index is 1070. The van der Waals surface area contributed by atoms with Crippen molar-refractivity contribution in [2.45, 2.75) is 12.8 Å². The van der Waals surface area contributed by atoms with Crippen LogP contribution in [0.2, 0.25) is 0 Å². The molecule has 0 saturated carbocycles. The van der Waals surface area contributed by atoms with Crippen LogP contribution in [0.25, 0.3) is 16.9 Å². The highest BCUT2D eigenvalue weighted by molar-refractivity contribution is 5.59. The highest BCUT2D eigenvalue weighted by atomic mass is 16.1. The lowest BCUT2D eigenvalue weighted by atomic mass is 10.1. The summed E-state index contributed by atoms with van der Waals surface area (Å²) in [5.41, 5.74) is 4.35. The van der Waals surface area contributed by atoms with Crippen LogP contribution in [0.5, 0.6) is 0 Å². The largest absolute Gasteiger partial charge is 0.283 e. The van der Waals surface area contributed by atoms with Crippen LogP contribution in [0.4, 0.5) is 0 Å². The third kappa shape index (κ3) is 3.85. The van der Waals surface area contributed by atoms with Crippen molar-refractivity contribution in [2.24, 2.45) is 0 Å². The summed E-state index contributed by atoms with van der Waals surface area (Å²) in [6.07, 6.45) is 6.76. The van der Waals surface area contributed by atoms with E-state index in [1.54, 1.807) is 17.0 Å². The number of aryl methyl sites for hydroxylation is 2. The maximum atomic E-state index is 13.1. The number of rotatable bonds is 5. The molecule has 0 aliphatic carbocycles. The predicted octanol–water partition coefficient (Wildman–Crippen LogP) is 4.08. The van der Waals surface area contributed by atoms with Crippen molar-refractivity contribution >= 4 is 0 Å². The Morgan fingerprint density at radius 3 is 2.22 bits per heavy atom. The summed E-state index contributed by atoms with van der Waals surface area (Å²) in [6.45, 7) is 0. The van der Waals surface area contributed by atoms with Gasteiger partial charge in [-0.3, -0.25) is 19.3 Å². The molecule has 0 unspecified atom stereocenters. The van der Waals surface area contributed by atoms with Gasteiger partial charge in [-0.15, -0.1) is 0 Å². The summed E-state index contributed by atoms with van der Waals surface area (Å²) >= 11 is 0. The Labute approximate surface area is 157 Å². The SMILES string of the molecule is O=c1c(CCc2ccccn2)cc(-c2ccccn2)cn1-c1ccccc1. The van der Waals surface area contributed by atoms with Crippen molar-refractivity contribution in [1.82, 2.24) is 14.5 Å². The summed E-state index contributed by atoms with van der Waals surface area (Å²) in [6, 6.07) is 23.3. The molecule has 0 fully saturated rings. The molecule has 0 bridgehead atoms. The zero-order chi connectivity index (χ0) is 18.5. The Hall–Kier alpha value is -3.53. The standard InChI is InChI=1S/C23H19N3O/c27-23-18(12-13-20-8-4-6-14-24-20)16-19(22-11-5-7-15-25-22)17-26(23)21-9-2-1-3-10-21/h1-11,14-17H,12-13H2. The van der Waals surface area contributed by atoms with Crippen LogP contribution in [0.15, 0.2) is 96.2 Å². The van der Waals surface area contributed by atoms with Gasteiger partial charge in [-0.1, -0.05) is 30.3 Å². The van der Waals surface area contributed by atoms with E-state index >= 15 is 0 Å². The van der Waals surface area contributed by atoms with Crippen molar-refractivity contribution in [1.29, 1.82) is 0 Å². The smallest absolute Gasteiger partial charge is 0.258 e. The number of hydrogen-bond donors (Lipinski definition) is 0. The Morgan fingerprint density at radius 2 is 1.52 bits per heavy atom. The fraction of sp³-hybridized carbons (Fsp3) is 0.0870. The normalized spacial score (nSPS) is 10.7. The van der Waals surface area contributed by atoms with Crippen molar-refractivity contribution in [3.8, 4) is 16.9 Å². The molecule has 27 heavy (non-hydrogen) atoms. The minimum Gasteiger partial charge on any atom is -0.283 e. The van der Waals surface area contributed by atoms with Gasteiger partial charge < -0.3 is 0 Å². The van der Waals surface area contributed by atoms with Gasteiger partial charge in [0.25, 0.3) is 5.56 Å². The molecule has 4 aromatic rings. The van der Waals surface area contributed by atoms with E-state index < -0.39 is 0 Å². The molecule has 0 amide bonds. The molecule has 132 valence electrons.